The molecular weight excluding hydrogens is 242 g/mol. The average Bonchev–Trinajstić information content (AvgIpc) is 2.78. The Balaban J connectivity index is 1.62. The Hall–Kier alpha value is -1.55. The van der Waals surface area contributed by atoms with E-state index in [1.54, 1.807) is 4.90 Å². The summed E-state index contributed by atoms with van der Waals surface area (Å²) in [6.07, 6.45) is 2.91. The zero-order chi connectivity index (χ0) is 13.2. The van der Waals surface area contributed by atoms with Crippen LogP contribution in [0.2, 0.25) is 0 Å². The molecule has 2 fully saturated rings. The maximum Gasteiger partial charge on any atom is 0.410 e. The number of carbonyl (C=O) groups is 1. The van der Waals surface area contributed by atoms with E-state index in [-0.39, 0.29) is 24.3 Å². The highest BCUT2D eigenvalue weighted by molar-refractivity contribution is 5.69. The Bertz CT molecular complexity index is 448. The van der Waals surface area contributed by atoms with Crippen LogP contribution in [-0.2, 0) is 11.3 Å². The summed E-state index contributed by atoms with van der Waals surface area (Å²) in [5.41, 5.74) is 0.987. The molecule has 3 unspecified atom stereocenters. The number of amides is 1. The van der Waals surface area contributed by atoms with Crippen molar-refractivity contribution in [2.45, 2.75) is 50.5 Å². The summed E-state index contributed by atoms with van der Waals surface area (Å²) in [5, 5.41) is 9.95. The molecule has 2 aliphatic rings. The van der Waals surface area contributed by atoms with Gasteiger partial charge in [0, 0.05) is 6.04 Å². The Morgan fingerprint density at radius 3 is 2.74 bits per heavy atom. The van der Waals surface area contributed by atoms with Gasteiger partial charge < -0.3 is 9.84 Å². The van der Waals surface area contributed by atoms with E-state index in [2.05, 4.69) is 0 Å². The molecule has 1 N–H and O–H groups in total. The van der Waals surface area contributed by atoms with Crippen molar-refractivity contribution in [3.8, 4) is 0 Å². The summed E-state index contributed by atoms with van der Waals surface area (Å²) < 4.78 is 5.37. The first-order valence-electron chi connectivity index (χ1n) is 6.93. The minimum absolute atomic E-state index is 0.0398. The van der Waals surface area contributed by atoms with E-state index in [0.29, 0.717) is 6.61 Å². The fraction of sp³-hybridized carbons (Fsp3) is 0.533. The third-order valence-electron chi connectivity index (χ3n) is 4.20. The molecule has 2 heterocycles. The molecule has 2 aliphatic heterocycles. The van der Waals surface area contributed by atoms with Gasteiger partial charge in [0.05, 0.1) is 12.1 Å². The van der Waals surface area contributed by atoms with E-state index >= 15 is 0 Å². The molecular formula is C15H19NO3. The Morgan fingerprint density at radius 2 is 1.95 bits per heavy atom. The second-order valence-corrected chi connectivity index (χ2v) is 5.39. The monoisotopic (exact) mass is 261 g/mol. The zero-order valence-electron chi connectivity index (χ0n) is 10.9. The number of ether oxygens (including phenoxy) is 1. The first-order valence-corrected chi connectivity index (χ1v) is 6.93. The minimum atomic E-state index is -0.386. The molecule has 1 amide bonds. The highest BCUT2D eigenvalue weighted by Gasteiger charge is 2.44. The van der Waals surface area contributed by atoms with Crippen LogP contribution in [-0.4, -0.2) is 34.3 Å². The number of piperidine rings is 1. The van der Waals surface area contributed by atoms with Crippen LogP contribution in [0, 0.1) is 0 Å². The molecule has 4 heteroatoms. The largest absolute Gasteiger partial charge is 0.445 e. The lowest BCUT2D eigenvalue weighted by molar-refractivity contribution is 0.00568. The average molecular weight is 261 g/mol. The van der Waals surface area contributed by atoms with Crippen LogP contribution in [0.5, 0.6) is 0 Å². The van der Waals surface area contributed by atoms with Gasteiger partial charge in [0.25, 0.3) is 0 Å². The van der Waals surface area contributed by atoms with Crippen molar-refractivity contribution in [2.75, 3.05) is 0 Å². The Labute approximate surface area is 113 Å². The van der Waals surface area contributed by atoms with Gasteiger partial charge in [0.1, 0.15) is 6.61 Å². The first kappa shape index (κ1) is 12.5. The van der Waals surface area contributed by atoms with Crippen LogP contribution < -0.4 is 0 Å². The summed E-state index contributed by atoms with van der Waals surface area (Å²) in [4.78, 5) is 13.9. The number of aliphatic hydroxyl groups excluding tert-OH is 1. The van der Waals surface area contributed by atoms with E-state index in [9.17, 15) is 9.90 Å². The molecule has 2 bridgehead atoms. The van der Waals surface area contributed by atoms with Gasteiger partial charge in [-0.1, -0.05) is 30.3 Å². The van der Waals surface area contributed by atoms with E-state index in [1.807, 2.05) is 30.3 Å². The zero-order valence-corrected chi connectivity index (χ0v) is 10.9. The molecule has 102 valence electrons. The quantitative estimate of drug-likeness (QED) is 0.888. The number of hydrogen-bond acceptors (Lipinski definition) is 3. The molecule has 4 nitrogen and oxygen atoms in total. The summed E-state index contributed by atoms with van der Waals surface area (Å²) >= 11 is 0. The maximum absolute atomic E-state index is 12.2. The lowest BCUT2D eigenvalue weighted by atomic mass is 10.0. The predicted molar refractivity (Wildman–Crippen MR) is 70.5 cm³/mol. The fourth-order valence-corrected chi connectivity index (χ4v) is 3.21. The highest BCUT2D eigenvalue weighted by Crippen LogP contribution is 2.36. The predicted octanol–water partition coefficient (Wildman–Crippen LogP) is 2.31. The second-order valence-electron chi connectivity index (χ2n) is 5.39. The maximum atomic E-state index is 12.2. The van der Waals surface area contributed by atoms with Crippen LogP contribution in [0.3, 0.4) is 0 Å². The van der Waals surface area contributed by atoms with Crippen molar-refractivity contribution < 1.29 is 14.6 Å². The van der Waals surface area contributed by atoms with Gasteiger partial charge >= 0.3 is 6.09 Å². The van der Waals surface area contributed by atoms with Gasteiger partial charge in [-0.2, -0.15) is 0 Å². The van der Waals surface area contributed by atoms with Crippen molar-refractivity contribution in [2.24, 2.45) is 0 Å². The third-order valence-corrected chi connectivity index (χ3v) is 4.20. The molecule has 3 rings (SSSR count). The van der Waals surface area contributed by atoms with Gasteiger partial charge in [-0.25, -0.2) is 4.79 Å². The van der Waals surface area contributed by atoms with E-state index in [1.165, 1.54) is 0 Å². The van der Waals surface area contributed by atoms with E-state index < -0.39 is 0 Å². The van der Waals surface area contributed by atoms with E-state index in [4.69, 9.17) is 4.74 Å². The van der Waals surface area contributed by atoms with Gasteiger partial charge in [-0.3, -0.25) is 4.90 Å². The normalized spacial score (nSPS) is 29.3. The van der Waals surface area contributed by atoms with Gasteiger partial charge in [-0.05, 0) is 31.2 Å². The Morgan fingerprint density at radius 1 is 1.21 bits per heavy atom. The minimum Gasteiger partial charge on any atom is -0.445 e. The number of fused-ring (bicyclic) bond motifs is 2. The van der Waals surface area contributed by atoms with E-state index in [0.717, 1.165) is 31.2 Å². The SMILES string of the molecule is O=C(OCc1ccccc1)N1C2CCC(O)C1CC2. The molecule has 1 aromatic rings. The summed E-state index contributed by atoms with van der Waals surface area (Å²) in [5.74, 6) is 0. The summed E-state index contributed by atoms with van der Waals surface area (Å²) in [7, 11) is 0. The van der Waals surface area contributed by atoms with Gasteiger partial charge in [0.15, 0.2) is 0 Å². The molecule has 19 heavy (non-hydrogen) atoms. The van der Waals surface area contributed by atoms with Crippen molar-refractivity contribution in [3.05, 3.63) is 35.9 Å². The summed E-state index contributed by atoms with van der Waals surface area (Å²) in [6.45, 7) is 0.297. The first-order chi connectivity index (χ1) is 9.25. The number of rotatable bonds is 2. The topological polar surface area (TPSA) is 49.8 Å². The van der Waals surface area contributed by atoms with Crippen molar-refractivity contribution >= 4 is 6.09 Å². The van der Waals surface area contributed by atoms with Crippen molar-refractivity contribution in [1.82, 2.24) is 4.90 Å². The van der Waals surface area contributed by atoms with Crippen LogP contribution in [0.4, 0.5) is 4.79 Å². The molecule has 0 spiro atoms. The lowest BCUT2D eigenvalue weighted by Crippen LogP contribution is -2.50. The smallest absolute Gasteiger partial charge is 0.410 e. The van der Waals surface area contributed by atoms with Crippen molar-refractivity contribution in [3.63, 3.8) is 0 Å². The molecule has 3 atom stereocenters. The van der Waals surface area contributed by atoms with Crippen LogP contribution in [0.1, 0.15) is 31.2 Å². The lowest BCUT2D eigenvalue weighted by Gasteiger charge is -2.36. The van der Waals surface area contributed by atoms with Gasteiger partial charge in [-0.15, -0.1) is 0 Å². The molecule has 2 saturated heterocycles. The van der Waals surface area contributed by atoms with Crippen LogP contribution in [0.15, 0.2) is 30.3 Å². The standard InChI is InChI=1S/C15H19NO3/c17-14-9-7-12-6-8-13(14)16(12)15(18)19-10-11-4-2-1-3-5-11/h1-5,12-14,17H,6-10H2. The summed E-state index contributed by atoms with van der Waals surface area (Å²) in [6, 6.07) is 9.89. The number of aliphatic hydroxyl groups is 1. The molecule has 0 saturated carbocycles. The molecule has 0 aliphatic carbocycles. The third kappa shape index (κ3) is 2.45. The van der Waals surface area contributed by atoms with Crippen LogP contribution in [0.25, 0.3) is 0 Å². The fourth-order valence-electron chi connectivity index (χ4n) is 3.21. The second kappa shape index (κ2) is 5.21. The number of nitrogens with zero attached hydrogens (tertiary/aromatic N) is 1. The molecule has 0 radical (unpaired) electrons. The van der Waals surface area contributed by atoms with Crippen LogP contribution >= 0.6 is 0 Å². The number of hydrogen-bond donors (Lipinski definition) is 1. The molecule has 0 aromatic heterocycles. The highest BCUT2D eigenvalue weighted by atomic mass is 16.6. The Kier molecular flexibility index (Phi) is 3.42. The van der Waals surface area contributed by atoms with Gasteiger partial charge in [0.2, 0.25) is 0 Å². The number of benzene rings is 1. The van der Waals surface area contributed by atoms with Crippen molar-refractivity contribution in [1.29, 1.82) is 0 Å². The molecule has 1 aromatic carbocycles. The number of carbonyl (C=O) groups excluding carboxylic acids is 1.